The van der Waals surface area contributed by atoms with Crippen molar-refractivity contribution in [3.8, 4) is 11.1 Å². The molecule has 4 bridgehead atoms. The monoisotopic (exact) mass is 406 g/mol. The fourth-order valence-corrected chi connectivity index (χ4v) is 4.11. The molecular formula is C22H26N6O2. The fourth-order valence-electron chi connectivity index (χ4n) is 4.11. The Labute approximate surface area is 175 Å². The maximum absolute atomic E-state index is 12.7. The second-order valence-corrected chi connectivity index (χ2v) is 7.93. The fraction of sp³-hybridized carbons (Fsp3) is 0.409. The summed E-state index contributed by atoms with van der Waals surface area (Å²) >= 11 is 0. The Morgan fingerprint density at radius 1 is 1.13 bits per heavy atom. The van der Waals surface area contributed by atoms with Crippen LogP contribution in [0.1, 0.15) is 23.2 Å². The predicted molar refractivity (Wildman–Crippen MR) is 115 cm³/mol. The quantitative estimate of drug-likeness (QED) is 0.684. The van der Waals surface area contributed by atoms with Gasteiger partial charge in [-0.15, -0.1) is 0 Å². The van der Waals surface area contributed by atoms with Crippen molar-refractivity contribution in [1.29, 1.82) is 0 Å². The van der Waals surface area contributed by atoms with E-state index in [1.54, 1.807) is 10.7 Å². The lowest BCUT2D eigenvalue weighted by atomic mass is 10.1. The van der Waals surface area contributed by atoms with Crippen LogP contribution in [-0.4, -0.2) is 75.9 Å². The first-order valence-corrected chi connectivity index (χ1v) is 10.6. The molecule has 1 aromatic carbocycles. The van der Waals surface area contributed by atoms with Gasteiger partial charge in [0, 0.05) is 56.1 Å². The van der Waals surface area contributed by atoms with Gasteiger partial charge < -0.3 is 15.3 Å². The first kappa shape index (κ1) is 19.0. The van der Waals surface area contributed by atoms with Crippen LogP contribution in [0.3, 0.4) is 0 Å². The minimum atomic E-state index is -0.0606. The van der Waals surface area contributed by atoms with Gasteiger partial charge in [-0.2, -0.15) is 5.10 Å². The number of anilines is 1. The van der Waals surface area contributed by atoms with Gasteiger partial charge in [0.05, 0.1) is 12.8 Å². The summed E-state index contributed by atoms with van der Waals surface area (Å²) in [6, 6.07) is 10.1. The number of aliphatic hydroxyl groups excluding tert-OH is 1. The van der Waals surface area contributed by atoms with Crippen LogP contribution in [-0.2, 0) is 0 Å². The van der Waals surface area contributed by atoms with Gasteiger partial charge in [-0.3, -0.25) is 9.69 Å². The number of nitrogens with one attached hydrogen (secondary N) is 1. The molecule has 0 spiro atoms. The molecule has 3 aromatic rings. The van der Waals surface area contributed by atoms with Crippen molar-refractivity contribution < 1.29 is 9.90 Å². The van der Waals surface area contributed by atoms with E-state index in [0.29, 0.717) is 24.7 Å². The number of benzene rings is 1. The Bertz CT molecular complexity index is 1060. The van der Waals surface area contributed by atoms with Gasteiger partial charge in [0.1, 0.15) is 5.82 Å². The molecule has 156 valence electrons. The van der Waals surface area contributed by atoms with E-state index < -0.39 is 0 Å². The Morgan fingerprint density at radius 2 is 2.00 bits per heavy atom. The first-order valence-electron chi connectivity index (χ1n) is 10.6. The van der Waals surface area contributed by atoms with Crippen molar-refractivity contribution >= 4 is 17.4 Å². The van der Waals surface area contributed by atoms with Gasteiger partial charge in [0.25, 0.3) is 5.91 Å². The van der Waals surface area contributed by atoms with Crippen LogP contribution in [0.5, 0.6) is 0 Å². The maximum atomic E-state index is 12.7. The van der Waals surface area contributed by atoms with Crippen LogP contribution >= 0.6 is 0 Å². The molecule has 1 aliphatic heterocycles. The summed E-state index contributed by atoms with van der Waals surface area (Å²) < 4.78 is 1.75. The van der Waals surface area contributed by atoms with E-state index in [4.69, 9.17) is 4.98 Å². The number of aliphatic hydroxyl groups is 1. The number of hydrogen-bond donors (Lipinski definition) is 2. The van der Waals surface area contributed by atoms with Gasteiger partial charge in [0.15, 0.2) is 5.65 Å². The highest BCUT2D eigenvalue weighted by molar-refractivity contribution is 5.96. The zero-order valence-corrected chi connectivity index (χ0v) is 16.9. The predicted octanol–water partition coefficient (Wildman–Crippen LogP) is 1.40. The lowest BCUT2D eigenvalue weighted by Crippen LogP contribution is -2.41. The summed E-state index contributed by atoms with van der Waals surface area (Å²) in [6.45, 7) is 3.67. The van der Waals surface area contributed by atoms with E-state index in [9.17, 15) is 9.90 Å². The summed E-state index contributed by atoms with van der Waals surface area (Å²) in [5, 5.41) is 17.1. The molecule has 1 amide bonds. The van der Waals surface area contributed by atoms with Crippen LogP contribution in [0, 0.1) is 0 Å². The Hall–Kier alpha value is -2.97. The van der Waals surface area contributed by atoms with Gasteiger partial charge in [-0.1, -0.05) is 12.1 Å². The number of aromatic nitrogens is 3. The molecule has 1 saturated carbocycles. The molecule has 0 saturated heterocycles. The number of fused-ring (bicyclic) bond motifs is 4. The van der Waals surface area contributed by atoms with Crippen LogP contribution < -0.4 is 10.2 Å². The molecule has 0 atom stereocenters. The third kappa shape index (κ3) is 3.76. The lowest BCUT2D eigenvalue weighted by molar-refractivity contribution is 0.0947. The van der Waals surface area contributed by atoms with Crippen molar-refractivity contribution in [2.45, 2.75) is 18.9 Å². The average Bonchev–Trinajstić information content (AvgIpc) is 3.53. The summed E-state index contributed by atoms with van der Waals surface area (Å²) in [7, 11) is 0. The van der Waals surface area contributed by atoms with Crippen molar-refractivity contribution in [2.75, 3.05) is 44.2 Å². The molecule has 0 unspecified atom stereocenters. The number of hydrogen-bond acceptors (Lipinski definition) is 6. The molecule has 0 radical (unpaired) electrons. The number of rotatable bonds is 3. The average molecular weight is 406 g/mol. The zero-order valence-electron chi connectivity index (χ0n) is 16.9. The molecule has 1 aliphatic carbocycles. The van der Waals surface area contributed by atoms with Gasteiger partial charge in [-0.05, 0) is 36.6 Å². The van der Waals surface area contributed by atoms with Gasteiger partial charge in [-0.25, -0.2) is 9.50 Å². The van der Waals surface area contributed by atoms with Gasteiger partial charge >= 0.3 is 0 Å². The van der Waals surface area contributed by atoms with Gasteiger partial charge in [0.2, 0.25) is 0 Å². The molecular weight excluding hydrogens is 380 g/mol. The Morgan fingerprint density at radius 3 is 2.83 bits per heavy atom. The second kappa shape index (κ2) is 8.04. The van der Waals surface area contributed by atoms with Crippen LogP contribution in [0.4, 0.5) is 5.82 Å². The lowest BCUT2D eigenvalue weighted by Gasteiger charge is -2.28. The highest BCUT2D eigenvalue weighted by atomic mass is 16.3. The summed E-state index contributed by atoms with van der Waals surface area (Å²) in [6.07, 6.45) is 6.10. The number of carbonyl (C=O) groups excluding carboxylic acids is 1. The molecule has 8 nitrogen and oxygen atoms in total. The SMILES string of the molecule is O=C1NCCN(C2CC2)CCN(CCO)c2ccn3ncc(c3n2)-c2cccc1c2. The van der Waals surface area contributed by atoms with E-state index in [-0.39, 0.29) is 12.5 Å². The molecule has 2 aromatic heterocycles. The molecule has 5 rings (SSSR count). The maximum Gasteiger partial charge on any atom is 0.251 e. The van der Waals surface area contributed by atoms with Crippen molar-refractivity contribution in [2.24, 2.45) is 0 Å². The largest absolute Gasteiger partial charge is 0.395 e. The van der Waals surface area contributed by atoms with Crippen LogP contribution in [0.25, 0.3) is 16.8 Å². The molecule has 2 aliphatic rings. The van der Waals surface area contributed by atoms with E-state index in [1.165, 1.54) is 12.8 Å². The zero-order chi connectivity index (χ0) is 20.5. The number of β-amino-alcohol motifs (C(OH)–C–C–N with tert-alkyl or cyclic N) is 1. The Kier molecular flexibility index (Phi) is 5.10. The minimum Gasteiger partial charge on any atom is -0.395 e. The van der Waals surface area contributed by atoms with Crippen LogP contribution in [0.15, 0.2) is 42.7 Å². The normalized spacial score (nSPS) is 18.3. The number of carbonyl (C=O) groups is 1. The van der Waals surface area contributed by atoms with E-state index in [0.717, 1.165) is 42.2 Å². The van der Waals surface area contributed by atoms with Crippen molar-refractivity contribution in [3.05, 3.63) is 48.3 Å². The smallest absolute Gasteiger partial charge is 0.251 e. The molecule has 2 N–H and O–H groups in total. The summed E-state index contributed by atoms with van der Waals surface area (Å²) in [5.41, 5.74) is 3.16. The van der Waals surface area contributed by atoms with E-state index in [2.05, 4.69) is 20.2 Å². The number of amides is 1. The van der Waals surface area contributed by atoms with E-state index >= 15 is 0 Å². The highest BCUT2D eigenvalue weighted by Gasteiger charge is 2.29. The van der Waals surface area contributed by atoms with Crippen LogP contribution in [0.2, 0.25) is 0 Å². The highest BCUT2D eigenvalue weighted by Crippen LogP contribution is 2.28. The van der Waals surface area contributed by atoms with E-state index in [1.807, 2.05) is 36.5 Å². The minimum absolute atomic E-state index is 0.0606. The molecule has 8 heteroatoms. The summed E-state index contributed by atoms with van der Waals surface area (Å²) in [4.78, 5) is 22.1. The third-order valence-electron chi connectivity index (χ3n) is 5.89. The second-order valence-electron chi connectivity index (χ2n) is 7.93. The first-order chi connectivity index (χ1) is 14.7. The van der Waals surface area contributed by atoms with Crippen molar-refractivity contribution in [1.82, 2.24) is 24.8 Å². The molecule has 1 fully saturated rings. The molecule has 3 heterocycles. The Balaban J connectivity index is 1.58. The topological polar surface area (TPSA) is 86.0 Å². The molecule has 30 heavy (non-hydrogen) atoms. The standard InChI is InChI=1S/C22H26N6O2/c29-13-12-27-11-10-26(18-4-5-18)9-7-23-22(30)17-3-1-2-16(14-17)19-15-24-28-8-6-20(27)25-21(19)28/h1-3,6,8,14-15,18,29H,4-5,7,9-13H2,(H,23,30). The van der Waals surface area contributed by atoms with Crippen molar-refractivity contribution in [3.63, 3.8) is 0 Å². The number of nitrogens with zero attached hydrogens (tertiary/aromatic N) is 5. The third-order valence-corrected chi connectivity index (χ3v) is 5.89. The summed E-state index contributed by atoms with van der Waals surface area (Å²) in [5.74, 6) is 0.767.